The van der Waals surface area contributed by atoms with Gasteiger partial charge in [-0.1, -0.05) is 59.2 Å². The zero-order valence-electron chi connectivity index (χ0n) is 13.9. The normalized spacial score (nSPS) is 11.5. The lowest BCUT2D eigenvalue weighted by atomic mass is 10.2. The first-order valence-electron chi connectivity index (χ1n) is 8.03. The number of nitrogens with zero attached hydrogens (tertiary/aromatic N) is 3. The summed E-state index contributed by atoms with van der Waals surface area (Å²) in [6.45, 7) is 0. The maximum Gasteiger partial charge on any atom is 0.240 e. The lowest BCUT2D eigenvalue weighted by Gasteiger charge is -2.00. The number of hydrogen-bond donors (Lipinski definition) is 3. The van der Waals surface area contributed by atoms with Gasteiger partial charge in [0.05, 0.1) is 16.3 Å². The number of nitrogens with one attached hydrogen (secondary N) is 3. The largest absolute Gasteiger partial charge is 0.361 e. The molecule has 2 heterocycles. The van der Waals surface area contributed by atoms with E-state index in [4.69, 9.17) is 23.2 Å². The van der Waals surface area contributed by atoms with Crippen LogP contribution in [-0.4, -0.2) is 26.4 Å². The molecule has 0 atom stereocenters. The van der Waals surface area contributed by atoms with Crippen LogP contribution in [0, 0.1) is 0 Å². The summed E-state index contributed by atoms with van der Waals surface area (Å²) in [5.41, 5.74) is 5.97. The fourth-order valence-electron chi connectivity index (χ4n) is 2.50. The second-order valence-electron chi connectivity index (χ2n) is 5.66. The van der Waals surface area contributed by atoms with Crippen LogP contribution in [0.4, 0.5) is 5.95 Å². The molecular formula is C18H14Cl2N6S. The summed E-state index contributed by atoms with van der Waals surface area (Å²) < 4.78 is 0. The molecule has 6 nitrogen and oxygen atoms in total. The van der Waals surface area contributed by atoms with Crippen molar-refractivity contribution in [3.63, 3.8) is 0 Å². The smallest absolute Gasteiger partial charge is 0.240 e. The summed E-state index contributed by atoms with van der Waals surface area (Å²) in [4.78, 5) is 7.56. The Labute approximate surface area is 169 Å². The second kappa shape index (κ2) is 8.04. The molecule has 2 aromatic heterocycles. The molecule has 0 aliphatic carbocycles. The highest BCUT2D eigenvalue weighted by molar-refractivity contribution is 7.98. The molecule has 9 heteroatoms. The van der Waals surface area contributed by atoms with E-state index in [0.717, 1.165) is 22.0 Å². The average molecular weight is 417 g/mol. The van der Waals surface area contributed by atoms with E-state index in [9.17, 15) is 0 Å². The molecule has 3 N–H and O–H groups in total. The average Bonchev–Trinajstić information content (AvgIpc) is 3.30. The summed E-state index contributed by atoms with van der Waals surface area (Å²) in [5, 5.41) is 14.0. The molecule has 4 rings (SSSR count). The van der Waals surface area contributed by atoms with Crippen LogP contribution in [0.15, 0.2) is 58.9 Å². The summed E-state index contributed by atoms with van der Waals surface area (Å²) in [5.74, 6) is 1.16. The van der Waals surface area contributed by atoms with Gasteiger partial charge in [0.25, 0.3) is 0 Å². The standard InChI is InChI=1S/C18H14Cl2N6S/c19-14-6-5-11(7-15(14)20)10-27-18-23-17(25-26-18)24-22-9-12-8-21-16-4-2-1-3-13(12)16/h1-9,21H,10H2,(H2,23,24,25,26)/b22-9-. The van der Waals surface area contributed by atoms with Crippen molar-refractivity contribution in [2.45, 2.75) is 10.9 Å². The van der Waals surface area contributed by atoms with Crippen LogP contribution in [0.25, 0.3) is 10.9 Å². The molecule has 0 radical (unpaired) electrons. The molecule has 0 fully saturated rings. The molecule has 0 aliphatic rings. The van der Waals surface area contributed by atoms with Gasteiger partial charge in [0, 0.05) is 28.4 Å². The van der Waals surface area contributed by atoms with Gasteiger partial charge in [-0.05, 0) is 23.8 Å². The van der Waals surface area contributed by atoms with E-state index in [-0.39, 0.29) is 0 Å². The van der Waals surface area contributed by atoms with E-state index < -0.39 is 0 Å². The predicted molar refractivity (Wildman–Crippen MR) is 112 cm³/mol. The number of rotatable bonds is 6. The van der Waals surface area contributed by atoms with Crippen LogP contribution in [0.1, 0.15) is 11.1 Å². The molecule has 27 heavy (non-hydrogen) atoms. The van der Waals surface area contributed by atoms with Crippen LogP contribution >= 0.6 is 35.0 Å². The number of hydrogen-bond acceptors (Lipinski definition) is 5. The third kappa shape index (κ3) is 4.27. The molecule has 0 unspecified atom stereocenters. The summed E-state index contributed by atoms with van der Waals surface area (Å²) in [6.07, 6.45) is 3.65. The first-order valence-corrected chi connectivity index (χ1v) is 9.77. The van der Waals surface area contributed by atoms with Gasteiger partial charge >= 0.3 is 0 Å². The Morgan fingerprint density at radius 1 is 1.15 bits per heavy atom. The fraction of sp³-hybridized carbons (Fsp3) is 0.0556. The van der Waals surface area contributed by atoms with Crippen LogP contribution in [-0.2, 0) is 5.75 Å². The van der Waals surface area contributed by atoms with E-state index in [1.165, 1.54) is 11.8 Å². The molecule has 0 bridgehead atoms. The van der Waals surface area contributed by atoms with Crippen LogP contribution in [0.2, 0.25) is 10.0 Å². The third-order valence-electron chi connectivity index (χ3n) is 3.81. The van der Waals surface area contributed by atoms with Crippen LogP contribution < -0.4 is 5.43 Å². The number of benzene rings is 2. The topological polar surface area (TPSA) is 81.8 Å². The molecule has 0 spiro atoms. The molecule has 0 saturated carbocycles. The molecule has 0 amide bonds. The molecule has 4 aromatic rings. The van der Waals surface area contributed by atoms with E-state index in [1.807, 2.05) is 42.6 Å². The zero-order chi connectivity index (χ0) is 18.6. The van der Waals surface area contributed by atoms with Gasteiger partial charge in [-0.3, -0.25) is 0 Å². The van der Waals surface area contributed by atoms with Crippen molar-refractivity contribution < 1.29 is 0 Å². The van der Waals surface area contributed by atoms with E-state index in [0.29, 0.717) is 26.9 Å². The maximum atomic E-state index is 6.03. The third-order valence-corrected chi connectivity index (χ3v) is 5.47. The van der Waals surface area contributed by atoms with E-state index >= 15 is 0 Å². The summed E-state index contributed by atoms with van der Waals surface area (Å²) in [7, 11) is 0. The van der Waals surface area contributed by atoms with E-state index in [2.05, 4.69) is 30.7 Å². The molecule has 0 aliphatic heterocycles. The Morgan fingerprint density at radius 2 is 2.04 bits per heavy atom. The quantitative estimate of drug-likeness (QED) is 0.225. The SMILES string of the molecule is Clc1ccc(CSc2n[nH]c(N/N=C\c3c[nH]c4ccccc34)n2)cc1Cl. The Bertz CT molecular complexity index is 1100. The molecular weight excluding hydrogens is 403 g/mol. The monoisotopic (exact) mass is 416 g/mol. The summed E-state index contributed by atoms with van der Waals surface area (Å²) >= 11 is 13.4. The maximum absolute atomic E-state index is 6.03. The van der Waals surface area contributed by atoms with Gasteiger partial charge < -0.3 is 4.98 Å². The molecule has 2 aromatic carbocycles. The van der Waals surface area contributed by atoms with Gasteiger partial charge in [0.1, 0.15) is 0 Å². The van der Waals surface area contributed by atoms with Crippen molar-refractivity contribution in [1.82, 2.24) is 20.2 Å². The number of aromatic amines is 2. The van der Waals surface area contributed by atoms with E-state index in [1.54, 1.807) is 12.3 Å². The van der Waals surface area contributed by atoms with Crippen LogP contribution in [0.5, 0.6) is 0 Å². The Hall–Kier alpha value is -2.48. The number of hydrazone groups is 1. The number of para-hydroxylation sites is 1. The molecule has 0 saturated heterocycles. The molecule has 136 valence electrons. The van der Waals surface area contributed by atoms with Crippen molar-refractivity contribution in [3.05, 3.63) is 69.8 Å². The minimum atomic E-state index is 0.475. The Morgan fingerprint density at radius 3 is 2.93 bits per heavy atom. The number of anilines is 1. The van der Waals surface area contributed by atoms with Crippen LogP contribution in [0.3, 0.4) is 0 Å². The van der Waals surface area contributed by atoms with Crippen molar-refractivity contribution in [2.75, 3.05) is 5.43 Å². The number of halogens is 2. The van der Waals surface area contributed by atoms with Gasteiger partial charge in [-0.15, -0.1) is 5.10 Å². The van der Waals surface area contributed by atoms with Gasteiger partial charge in [-0.2, -0.15) is 10.1 Å². The first kappa shape index (κ1) is 17.9. The minimum Gasteiger partial charge on any atom is -0.361 e. The van der Waals surface area contributed by atoms with Gasteiger partial charge in [-0.25, -0.2) is 10.5 Å². The van der Waals surface area contributed by atoms with Gasteiger partial charge in [0.2, 0.25) is 11.1 Å². The number of aromatic nitrogens is 4. The number of H-pyrrole nitrogens is 2. The Balaban J connectivity index is 1.36. The Kier molecular flexibility index (Phi) is 5.33. The lowest BCUT2D eigenvalue weighted by molar-refractivity contribution is 0.972. The highest BCUT2D eigenvalue weighted by Gasteiger charge is 2.06. The lowest BCUT2D eigenvalue weighted by Crippen LogP contribution is -1.92. The van der Waals surface area contributed by atoms with Crippen molar-refractivity contribution in [2.24, 2.45) is 5.10 Å². The highest BCUT2D eigenvalue weighted by Crippen LogP contribution is 2.26. The first-order chi connectivity index (χ1) is 13.2. The van der Waals surface area contributed by atoms with Gasteiger partial charge in [0.15, 0.2) is 0 Å². The predicted octanol–water partition coefficient (Wildman–Crippen LogP) is 5.33. The number of thioether (sulfide) groups is 1. The zero-order valence-corrected chi connectivity index (χ0v) is 16.2. The van der Waals surface area contributed by atoms with Crippen molar-refractivity contribution >= 4 is 58.0 Å². The minimum absolute atomic E-state index is 0.475. The van der Waals surface area contributed by atoms with Crippen molar-refractivity contribution in [1.29, 1.82) is 0 Å². The summed E-state index contributed by atoms with van der Waals surface area (Å²) in [6, 6.07) is 13.6. The fourth-order valence-corrected chi connectivity index (χ4v) is 3.56. The number of fused-ring (bicyclic) bond motifs is 1. The highest BCUT2D eigenvalue weighted by atomic mass is 35.5. The van der Waals surface area contributed by atoms with Crippen molar-refractivity contribution in [3.8, 4) is 0 Å². The second-order valence-corrected chi connectivity index (χ2v) is 7.42.